The number of hydrogen-bond donors (Lipinski definition) is 3. The molecule has 66 heavy (non-hydrogen) atoms. The molecule has 20 heteroatoms. The highest BCUT2D eigenvalue weighted by Crippen LogP contribution is 2.32. The van der Waals surface area contributed by atoms with Crippen LogP contribution in [0.3, 0.4) is 0 Å². The molecule has 1 aliphatic rings. The molecule has 0 bridgehead atoms. The van der Waals surface area contributed by atoms with Crippen LogP contribution in [0.2, 0.25) is 0 Å². The summed E-state index contributed by atoms with van der Waals surface area (Å²) in [7, 11) is 1.89. The summed E-state index contributed by atoms with van der Waals surface area (Å²) in [5.74, 6) is -4.18. The number of nitrogens with one attached hydrogen (secondary N) is 2. The second-order valence-electron chi connectivity index (χ2n) is 17.9. The number of hydrogen-bond acceptors (Lipinski definition) is 16. The maximum absolute atomic E-state index is 14.9. The topological polar surface area (TPSA) is 237 Å². The lowest BCUT2D eigenvalue weighted by molar-refractivity contribution is -0.385. The van der Waals surface area contributed by atoms with Crippen molar-refractivity contribution in [2.45, 2.75) is 137 Å². The van der Waals surface area contributed by atoms with Crippen molar-refractivity contribution in [1.82, 2.24) is 25.4 Å². The first-order valence-corrected chi connectivity index (χ1v) is 25.0. The number of aromatic hydroxyl groups is 1. The number of likely N-dealkylation sites (tertiary alicyclic amines) is 1. The molecule has 3 N–H and O–H groups in total. The molecule has 2 aromatic rings. The second-order valence-corrected chi connectivity index (χ2v) is 19.8. The Hall–Kier alpha value is -4.82. The van der Waals surface area contributed by atoms with Crippen LogP contribution in [0.25, 0.3) is 0 Å². The quantitative estimate of drug-likeness (QED) is 0.0230. The third-order valence-corrected chi connectivity index (χ3v) is 13.2. The number of piperidine rings is 1. The molecule has 368 valence electrons. The number of likely N-dealkylation sites (N-methyl/N-ethyl adjacent to an activating group) is 1. The third-order valence-electron chi connectivity index (χ3n) is 11.7. The highest BCUT2D eigenvalue weighted by molar-refractivity contribution is 7.98. The molecule has 0 saturated carbocycles. The van der Waals surface area contributed by atoms with Gasteiger partial charge in [0.2, 0.25) is 11.8 Å². The second kappa shape index (κ2) is 27.1. The SMILES string of the molecule is CCC(C)[C@H](NC(=O)[C@H]1CCCCN1C)C(=O)N(COC(=O)CC(C)C)[C@H](C[C@@H](OC(C)=O)c1nc(C(=O)N[C@@H](Cc2ccc(O)c([N+](=O)[O-])c2)C[C@H](C)C(=O)OCCSC)cs1)C(C)C. The average Bonchev–Trinajstić information content (AvgIpc) is 3.75. The van der Waals surface area contributed by atoms with Gasteiger partial charge in [0.15, 0.2) is 18.6 Å². The van der Waals surface area contributed by atoms with Crippen LogP contribution in [-0.4, -0.2) is 124 Å². The van der Waals surface area contributed by atoms with Gasteiger partial charge in [-0.15, -0.1) is 11.3 Å². The minimum absolute atomic E-state index is 0.00827. The van der Waals surface area contributed by atoms with Crippen LogP contribution >= 0.6 is 23.1 Å². The zero-order chi connectivity index (χ0) is 49.2. The summed E-state index contributed by atoms with van der Waals surface area (Å²) in [4.78, 5) is 100. The maximum Gasteiger partial charge on any atom is 0.310 e. The number of benzene rings is 1. The molecule has 1 unspecified atom stereocenters. The number of carbonyl (C=O) groups excluding carboxylic acids is 6. The monoisotopic (exact) mass is 962 g/mol. The van der Waals surface area contributed by atoms with Crippen molar-refractivity contribution in [3.05, 3.63) is 50.0 Å². The molecule has 7 atom stereocenters. The molecule has 1 aromatic heterocycles. The minimum atomic E-state index is -1.07. The summed E-state index contributed by atoms with van der Waals surface area (Å²) in [6, 6.07) is 1.05. The number of thiazole rings is 1. The Morgan fingerprint density at radius 2 is 1.77 bits per heavy atom. The lowest BCUT2D eigenvalue weighted by atomic mass is 9.92. The fraction of sp³-hybridized carbons (Fsp3) is 0.674. The number of phenols is 1. The van der Waals surface area contributed by atoms with E-state index in [2.05, 4.69) is 15.6 Å². The lowest BCUT2D eigenvalue weighted by Crippen LogP contribution is -2.59. The zero-order valence-electron chi connectivity index (χ0n) is 40.0. The largest absolute Gasteiger partial charge is 0.502 e. The third kappa shape index (κ3) is 17.1. The molecule has 1 aliphatic heterocycles. The van der Waals surface area contributed by atoms with Gasteiger partial charge in [-0.3, -0.25) is 43.8 Å². The molecule has 3 amide bonds. The van der Waals surface area contributed by atoms with Gasteiger partial charge in [0.25, 0.3) is 5.91 Å². The predicted molar refractivity (Wildman–Crippen MR) is 252 cm³/mol. The van der Waals surface area contributed by atoms with Gasteiger partial charge < -0.3 is 34.9 Å². The number of amides is 3. The summed E-state index contributed by atoms with van der Waals surface area (Å²) in [5.41, 5.74) is -0.122. The number of nitrogens with zero attached hydrogens (tertiary/aromatic N) is 4. The Kier molecular flexibility index (Phi) is 22.8. The van der Waals surface area contributed by atoms with Crippen LogP contribution in [0, 0.1) is 33.8 Å². The minimum Gasteiger partial charge on any atom is -0.502 e. The molecule has 18 nitrogen and oxygen atoms in total. The van der Waals surface area contributed by atoms with Crippen molar-refractivity contribution in [2.75, 3.05) is 38.9 Å². The van der Waals surface area contributed by atoms with Crippen LogP contribution in [0.4, 0.5) is 5.69 Å². The number of thioether (sulfide) groups is 1. The standard InChI is InChI=1S/C46H70N6O12S2/c1-11-29(6)41(49-43(57)35-14-12-13-17-50(35)9)45(58)51(26-63-40(55)20-27(2)3)36(28(4)5)24-39(64-31(8)53)44-48-34(25-66-44)42(56)47-33(21-30(7)46(59)62-18-19-65-10)22-32-15-16-38(54)37(23-32)52(60)61/h15-16,23,25,27-30,33,35-36,39,41,54H,11-14,17-22,24,26H2,1-10H3,(H,47,56)(H,49,57)/t29?,30-,33+,35+,36+,39+,41-/m0/s1. The van der Waals surface area contributed by atoms with E-state index in [1.165, 1.54) is 47.2 Å². The first-order chi connectivity index (χ1) is 31.2. The summed E-state index contributed by atoms with van der Waals surface area (Å²) in [5, 5.41) is 29.3. The van der Waals surface area contributed by atoms with Crippen molar-refractivity contribution >= 4 is 64.4 Å². The van der Waals surface area contributed by atoms with Crippen molar-refractivity contribution in [2.24, 2.45) is 23.7 Å². The fourth-order valence-corrected chi connectivity index (χ4v) is 8.85. The van der Waals surface area contributed by atoms with Crippen LogP contribution in [0.5, 0.6) is 5.75 Å². The Bertz CT molecular complexity index is 1960. The molecule has 2 heterocycles. The van der Waals surface area contributed by atoms with E-state index in [0.29, 0.717) is 24.2 Å². The van der Waals surface area contributed by atoms with Gasteiger partial charge in [-0.25, -0.2) is 4.98 Å². The summed E-state index contributed by atoms with van der Waals surface area (Å²) >= 11 is 2.57. The zero-order valence-corrected chi connectivity index (χ0v) is 41.7. The van der Waals surface area contributed by atoms with Crippen LogP contribution in [0.1, 0.15) is 127 Å². The smallest absolute Gasteiger partial charge is 0.310 e. The number of rotatable bonds is 26. The van der Waals surface area contributed by atoms with Crippen LogP contribution < -0.4 is 10.6 Å². The molecular formula is C46H70N6O12S2. The number of nitro groups is 1. The molecule has 0 aliphatic carbocycles. The van der Waals surface area contributed by atoms with Gasteiger partial charge >= 0.3 is 23.6 Å². The Morgan fingerprint density at radius 1 is 1.06 bits per heavy atom. The van der Waals surface area contributed by atoms with Crippen molar-refractivity contribution in [3.63, 3.8) is 0 Å². The summed E-state index contributed by atoms with van der Waals surface area (Å²) < 4.78 is 17.0. The highest BCUT2D eigenvalue weighted by atomic mass is 32.2. The van der Waals surface area contributed by atoms with Gasteiger partial charge in [0, 0.05) is 49.0 Å². The number of phenolic OH excluding ortho intramolecular Hbond substituents is 1. The number of esters is 3. The Balaban J connectivity index is 1.99. The van der Waals surface area contributed by atoms with Gasteiger partial charge in [-0.05, 0) is 74.9 Å². The fourth-order valence-electron chi connectivity index (χ4n) is 7.76. The van der Waals surface area contributed by atoms with Gasteiger partial charge in [0.05, 0.1) is 16.9 Å². The first kappa shape index (κ1) is 55.5. The average molecular weight is 963 g/mol. The molecular weight excluding hydrogens is 893 g/mol. The Morgan fingerprint density at radius 3 is 2.38 bits per heavy atom. The molecule has 1 saturated heterocycles. The molecule has 0 radical (unpaired) electrons. The molecule has 1 fully saturated rings. The van der Waals surface area contributed by atoms with E-state index in [-0.39, 0.29) is 66.7 Å². The van der Waals surface area contributed by atoms with Crippen molar-refractivity contribution < 1.29 is 53.0 Å². The van der Waals surface area contributed by atoms with E-state index in [0.717, 1.165) is 30.7 Å². The van der Waals surface area contributed by atoms with Gasteiger partial charge in [-0.1, -0.05) is 67.4 Å². The van der Waals surface area contributed by atoms with E-state index < -0.39 is 89.0 Å². The molecule has 0 spiro atoms. The number of nitro benzene ring substituents is 1. The predicted octanol–water partition coefficient (Wildman–Crippen LogP) is 6.44. The molecule has 3 rings (SSSR count). The van der Waals surface area contributed by atoms with Crippen LogP contribution in [-0.2, 0) is 44.6 Å². The normalized spacial score (nSPS) is 16.9. The first-order valence-electron chi connectivity index (χ1n) is 22.7. The van der Waals surface area contributed by atoms with Gasteiger partial charge in [0.1, 0.15) is 23.4 Å². The highest BCUT2D eigenvalue weighted by Gasteiger charge is 2.39. The van der Waals surface area contributed by atoms with E-state index in [1.807, 2.05) is 59.7 Å². The summed E-state index contributed by atoms with van der Waals surface area (Å²) in [6.45, 7) is 14.7. The van der Waals surface area contributed by atoms with E-state index in [4.69, 9.17) is 14.2 Å². The van der Waals surface area contributed by atoms with Crippen molar-refractivity contribution in [3.8, 4) is 5.75 Å². The number of carbonyl (C=O) groups is 6. The van der Waals surface area contributed by atoms with Crippen LogP contribution in [0.15, 0.2) is 23.6 Å². The van der Waals surface area contributed by atoms with Crippen molar-refractivity contribution in [1.29, 1.82) is 0 Å². The molecule has 1 aromatic carbocycles. The van der Waals surface area contributed by atoms with Gasteiger partial charge in [-0.2, -0.15) is 11.8 Å². The van der Waals surface area contributed by atoms with E-state index in [9.17, 15) is 44.0 Å². The number of ether oxygens (including phenoxy) is 3. The van der Waals surface area contributed by atoms with E-state index in [1.54, 1.807) is 6.92 Å². The summed E-state index contributed by atoms with van der Waals surface area (Å²) in [6.07, 6.45) is 4.15. The Labute approximate surface area is 396 Å². The lowest BCUT2D eigenvalue weighted by Gasteiger charge is -2.39. The van der Waals surface area contributed by atoms with E-state index >= 15 is 0 Å². The maximum atomic E-state index is 14.9. The number of aromatic nitrogens is 1.